The predicted octanol–water partition coefficient (Wildman–Crippen LogP) is 18.1. The van der Waals surface area contributed by atoms with Gasteiger partial charge in [-0.1, -0.05) is 303 Å². The Hall–Kier alpha value is -3.15. The molecule has 1 heterocycles. The highest BCUT2D eigenvalue weighted by Crippen LogP contribution is 2.23. The second-order valence-electron chi connectivity index (χ2n) is 22.9. The molecule has 7 atom stereocenters. The molecule has 0 saturated carbocycles. The molecule has 1 amide bonds. The maximum absolute atomic E-state index is 13.1. The number of hydrogen-bond acceptors (Lipinski definition) is 8. The van der Waals surface area contributed by atoms with Crippen LogP contribution in [0.4, 0.5) is 0 Å². The Bertz CT molecular complexity index is 1640. The van der Waals surface area contributed by atoms with Crippen molar-refractivity contribution in [3.05, 3.63) is 109 Å². The summed E-state index contributed by atoms with van der Waals surface area (Å²) in [6.45, 7) is 3.66. The fourth-order valence-corrected chi connectivity index (χ4v) is 10.1. The van der Waals surface area contributed by atoms with Gasteiger partial charge < -0.3 is 40.3 Å². The maximum atomic E-state index is 13.1. The van der Waals surface area contributed by atoms with Crippen LogP contribution < -0.4 is 5.32 Å². The number of carbonyl (C=O) groups excluding carboxylic acids is 1. The molecule has 1 saturated heterocycles. The summed E-state index contributed by atoms with van der Waals surface area (Å²) in [5.41, 5.74) is 0. The van der Waals surface area contributed by atoms with Gasteiger partial charge in [0.1, 0.15) is 24.4 Å². The normalized spacial score (nSPS) is 19.1. The first-order chi connectivity index (χ1) is 39.8. The number of hydrogen-bond donors (Lipinski definition) is 6. The van der Waals surface area contributed by atoms with E-state index in [1.807, 2.05) is 6.08 Å². The highest BCUT2D eigenvalue weighted by molar-refractivity contribution is 5.76. The van der Waals surface area contributed by atoms with Crippen molar-refractivity contribution in [2.75, 3.05) is 13.2 Å². The molecule has 0 bridgehead atoms. The number of rotatable bonds is 57. The average molecular weight is 1130 g/mol. The van der Waals surface area contributed by atoms with E-state index in [-0.39, 0.29) is 18.9 Å². The quantitative estimate of drug-likeness (QED) is 0.0261. The van der Waals surface area contributed by atoms with E-state index in [4.69, 9.17) is 9.47 Å². The summed E-state index contributed by atoms with van der Waals surface area (Å²) in [7, 11) is 0. The monoisotopic (exact) mass is 1130 g/mol. The number of unbranched alkanes of at least 4 members (excludes halogenated alkanes) is 31. The summed E-state index contributed by atoms with van der Waals surface area (Å²) in [4.78, 5) is 13.1. The molecular weight excluding hydrogens is 1010 g/mol. The van der Waals surface area contributed by atoms with Crippen molar-refractivity contribution in [2.45, 2.75) is 326 Å². The number of aliphatic hydroxyl groups is 5. The van der Waals surface area contributed by atoms with Crippen molar-refractivity contribution < 1.29 is 39.8 Å². The topological polar surface area (TPSA) is 149 Å². The van der Waals surface area contributed by atoms with Gasteiger partial charge in [-0.15, -0.1) is 0 Å². The lowest BCUT2D eigenvalue weighted by atomic mass is 9.99. The van der Waals surface area contributed by atoms with Crippen LogP contribution in [0.5, 0.6) is 0 Å². The third-order valence-electron chi connectivity index (χ3n) is 15.4. The Balaban J connectivity index is 2.21. The number of nitrogens with one attached hydrogen (secondary N) is 1. The molecule has 81 heavy (non-hydrogen) atoms. The number of amides is 1. The van der Waals surface area contributed by atoms with Gasteiger partial charge in [0.15, 0.2) is 6.29 Å². The fraction of sp³-hybridized carbons (Fsp3) is 0.736. The van der Waals surface area contributed by atoms with Crippen LogP contribution in [-0.4, -0.2) is 87.5 Å². The van der Waals surface area contributed by atoms with Gasteiger partial charge in [-0.25, -0.2) is 0 Å². The number of allylic oxidation sites excluding steroid dienone is 17. The SMILES string of the molecule is CC/C=C\C/C=C\C/C=C\C/C=C\C/C=C\C/C=C\C/C=C\C/C=C\CCCCC(=O)NC(COC1OC(CO)C(O)C(O)C1O)C(O)/C=C/CCCCCCCCCCCCCCCCCCCCCCCCCCCCCCC. The van der Waals surface area contributed by atoms with Crippen molar-refractivity contribution in [2.24, 2.45) is 0 Å². The van der Waals surface area contributed by atoms with E-state index in [1.54, 1.807) is 6.08 Å². The van der Waals surface area contributed by atoms with Crippen LogP contribution in [0.15, 0.2) is 109 Å². The molecule has 9 nitrogen and oxygen atoms in total. The second kappa shape index (κ2) is 60.0. The Morgan fingerprint density at radius 2 is 0.765 bits per heavy atom. The van der Waals surface area contributed by atoms with Gasteiger partial charge in [0, 0.05) is 6.42 Å². The Morgan fingerprint density at radius 3 is 1.14 bits per heavy atom. The minimum absolute atomic E-state index is 0.212. The first kappa shape index (κ1) is 75.9. The lowest BCUT2D eigenvalue weighted by Gasteiger charge is -2.40. The molecule has 7 unspecified atom stereocenters. The molecule has 0 aromatic rings. The summed E-state index contributed by atoms with van der Waals surface area (Å²) >= 11 is 0. The van der Waals surface area contributed by atoms with E-state index < -0.39 is 49.5 Å². The van der Waals surface area contributed by atoms with Crippen molar-refractivity contribution in [1.82, 2.24) is 5.32 Å². The number of ether oxygens (including phenoxy) is 2. The van der Waals surface area contributed by atoms with Crippen LogP contribution in [0.3, 0.4) is 0 Å². The van der Waals surface area contributed by atoms with E-state index in [9.17, 15) is 30.3 Å². The van der Waals surface area contributed by atoms with E-state index in [1.165, 1.54) is 173 Å². The average Bonchev–Trinajstić information content (AvgIpc) is 3.48. The van der Waals surface area contributed by atoms with Crippen LogP contribution in [0, 0.1) is 0 Å². The van der Waals surface area contributed by atoms with E-state index in [2.05, 4.69) is 116 Å². The first-order valence-electron chi connectivity index (χ1n) is 33.6. The van der Waals surface area contributed by atoms with Crippen molar-refractivity contribution in [1.29, 1.82) is 0 Å². The van der Waals surface area contributed by atoms with Crippen molar-refractivity contribution in [3.63, 3.8) is 0 Å². The van der Waals surface area contributed by atoms with Gasteiger partial charge in [-0.3, -0.25) is 4.79 Å². The van der Waals surface area contributed by atoms with Crippen LogP contribution in [0.1, 0.15) is 284 Å². The minimum Gasteiger partial charge on any atom is -0.394 e. The van der Waals surface area contributed by atoms with Crippen molar-refractivity contribution in [3.8, 4) is 0 Å². The molecule has 1 fully saturated rings. The van der Waals surface area contributed by atoms with Crippen LogP contribution in [0.2, 0.25) is 0 Å². The molecule has 1 aliphatic rings. The molecule has 0 radical (unpaired) electrons. The molecule has 0 aromatic carbocycles. The van der Waals surface area contributed by atoms with Gasteiger partial charge in [0.2, 0.25) is 5.91 Å². The molecule has 466 valence electrons. The fourth-order valence-electron chi connectivity index (χ4n) is 10.1. The minimum atomic E-state index is -1.58. The van der Waals surface area contributed by atoms with Gasteiger partial charge >= 0.3 is 0 Å². The highest BCUT2D eigenvalue weighted by atomic mass is 16.7. The smallest absolute Gasteiger partial charge is 0.220 e. The molecular formula is C72H125NO8. The molecule has 0 aromatic heterocycles. The number of carbonyl (C=O) groups is 1. The zero-order chi connectivity index (χ0) is 58.6. The van der Waals surface area contributed by atoms with Crippen LogP contribution >= 0.6 is 0 Å². The molecule has 1 aliphatic heterocycles. The molecule has 9 heteroatoms. The summed E-state index contributed by atoms with van der Waals surface area (Å²) in [6.07, 6.45) is 81.8. The van der Waals surface area contributed by atoms with Gasteiger partial charge in [-0.2, -0.15) is 0 Å². The van der Waals surface area contributed by atoms with E-state index in [0.29, 0.717) is 6.42 Å². The Kier molecular flexibility index (Phi) is 56.2. The first-order valence-corrected chi connectivity index (χ1v) is 33.6. The summed E-state index contributed by atoms with van der Waals surface area (Å²) < 4.78 is 11.3. The van der Waals surface area contributed by atoms with Gasteiger partial charge in [-0.05, 0) is 83.5 Å². The maximum Gasteiger partial charge on any atom is 0.220 e. The molecule has 0 spiro atoms. The molecule has 6 N–H and O–H groups in total. The zero-order valence-corrected chi connectivity index (χ0v) is 52.0. The molecule has 1 rings (SSSR count). The third-order valence-corrected chi connectivity index (χ3v) is 15.4. The molecule has 0 aliphatic carbocycles. The predicted molar refractivity (Wildman–Crippen MR) is 345 cm³/mol. The largest absolute Gasteiger partial charge is 0.394 e. The summed E-state index contributed by atoms with van der Waals surface area (Å²) in [5.74, 6) is -0.220. The lowest BCUT2D eigenvalue weighted by Crippen LogP contribution is -2.60. The second-order valence-corrected chi connectivity index (χ2v) is 22.9. The van der Waals surface area contributed by atoms with E-state index in [0.717, 1.165) is 83.5 Å². The summed E-state index contributed by atoms with van der Waals surface area (Å²) in [5, 5.41) is 54.7. The van der Waals surface area contributed by atoms with Crippen molar-refractivity contribution >= 4 is 5.91 Å². The third kappa shape index (κ3) is 48.9. The van der Waals surface area contributed by atoms with Crippen LogP contribution in [-0.2, 0) is 14.3 Å². The highest BCUT2D eigenvalue weighted by Gasteiger charge is 2.44. The standard InChI is InChI=1S/C72H125NO8/c1-3-5-7-9-11-13-15-17-19-21-23-25-27-29-31-32-33-34-36-37-39-41-43-45-47-49-51-53-55-57-59-61-66(75)65(64-80-72-71(79)70(78)69(77)67(63-74)81-72)73-68(76)62-60-58-56-54-52-50-48-46-44-42-40-38-35-30-28-26-24-22-20-18-16-14-12-10-8-6-4-2/h6,8,12,14,18,20,24,26,30,35,40,42,46,48,52,54,59,61,65-67,69-72,74-75,77-79H,3-5,7,9-11,13,15-17,19,21-23,25,27-29,31-34,36-39,41,43-45,47,49-51,53,55-58,60,62-64H2,1-2H3,(H,73,76)/b8-6-,14-12-,20-18-,26-24-,35-30-,42-40-,48-46-,54-52-,61-59+. The lowest BCUT2D eigenvalue weighted by molar-refractivity contribution is -0.302. The Labute approximate surface area is 497 Å². The zero-order valence-electron chi connectivity index (χ0n) is 52.0. The Morgan fingerprint density at radius 1 is 0.432 bits per heavy atom. The summed E-state index contributed by atoms with van der Waals surface area (Å²) in [6, 6.07) is -0.839. The number of aliphatic hydroxyl groups excluding tert-OH is 5. The van der Waals surface area contributed by atoms with E-state index >= 15 is 0 Å². The van der Waals surface area contributed by atoms with Gasteiger partial charge in [0.05, 0.1) is 25.4 Å². The van der Waals surface area contributed by atoms with Crippen LogP contribution in [0.25, 0.3) is 0 Å². The van der Waals surface area contributed by atoms with Gasteiger partial charge in [0.25, 0.3) is 0 Å².